The summed E-state index contributed by atoms with van der Waals surface area (Å²) in [6.45, 7) is 5.06. The van der Waals surface area contributed by atoms with Gasteiger partial charge in [0.1, 0.15) is 0 Å². The Labute approximate surface area is 105 Å². The van der Waals surface area contributed by atoms with E-state index >= 15 is 0 Å². The number of aliphatic hydroxyl groups is 1. The predicted molar refractivity (Wildman–Crippen MR) is 68.7 cm³/mol. The Morgan fingerprint density at radius 1 is 1.50 bits per heavy atom. The minimum Gasteiger partial charge on any atom is -0.392 e. The molecule has 0 spiro atoms. The molecule has 0 aliphatic rings. The van der Waals surface area contributed by atoms with Crippen molar-refractivity contribution in [2.45, 2.75) is 20.0 Å². The quantitative estimate of drug-likeness (QED) is 0.376. The third-order valence-electron chi connectivity index (χ3n) is 2.24. The molecule has 3 N–H and O–H groups in total. The number of pyridine rings is 1. The maximum atomic E-state index is 10.8. The van der Waals surface area contributed by atoms with Crippen molar-refractivity contribution in [3.63, 3.8) is 0 Å². The Hall–Kier alpha value is -1.73. The van der Waals surface area contributed by atoms with Gasteiger partial charge in [0.2, 0.25) is 5.82 Å². The molecule has 1 heterocycles. The highest BCUT2D eigenvalue weighted by molar-refractivity contribution is 5.55. The Kier molecular flexibility index (Phi) is 5.47. The van der Waals surface area contributed by atoms with Crippen LogP contribution in [0.4, 0.5) is 11.5 Å². The van der Waals surface area contributed by atoms with Crippen LogP contribution in [-0.4, -0.2) is 40.8 Å². The highest BCUT2D eigenvalue weighted by Crippen LogP contribution is 2.21. The molecule has 0 saturated carbocycles. The molecule has 1 unspecified atom stereocenters. The van der Waals surface area contributed by atoms with Crippen molar-refractivity contribution in [1.29, 1.82) is 0 Å². The molecule has 0 amide bonds. The van der Waals surface area contributed by atoms with Gasteiger partial charge in [0, 0.05) is 31.4 Å². The lowest BCUT2D eigenvalue weighted by molar-refractivity contribution is -0.384. The van der Waals surface area contributed by atoms with Crippen LogP contribution >= 0.6 is 0 Å². The van der Waals surface area contributed by atoms with Crippen molar-refractivity contribution in [3.05, 3.63) is 27.9 Å². The van der Waals surface area contributed by atoms with E-state index in [2.05, 4.69) is 15.6 Å². The maximum Gasteiger partial charge on any atom is 0.311 e. The van der Waals surface area contributed by atoms with E-state index in [4.69, 9.17) is 5.11 Å². The number of aliphatic hydroxyl groups excluding tert-OH is 1. The minimum absolute atomic E-state index is 0.0314. The summed E-state index contributed by atoms with van der Waals surface area (Å²) in [5.41, 5.74) is 0.691. The first kappa shape index (κ1) is 14.3. The molecular weight excluding hydrogens is 236 g/mol. The summed E-state index contributed by atoms with van der Waals surface area (Å²) in [6.07, 6.45) is -0.406. The second kappa shape index (κ2) is 6.87. The molecule has 0 bridgehead atoms. The zero-order chi connectivity index (χ0) is 13.5. The monoisotopic (exact) mass is 254 g/mol. The third-order valence-corrected chi connectivity index (χ3v) is 2.24. The molecule has 0 aliphatic heterocycles. The van der Waals surface area contributed by atoms with Gasteiger partial charge in [-0.05, 0) is 19.9 Å². The van der Waals surface area contributed by atoms with E-state index in [0.717, 1.165) is 5.69 Å². The fourth-order valence-electron chi connectivity index (χ4n) is 1.41. The number of nitrogens with zero attached hydrogens (tertiary/aromatic N) is 2. The number of anilines is 1. The minimum atomic E-state index is -0.460. The Morgan fingerprint density at radius 3 is 2.83 bits per heavy atom. The largest absolute Gasteiger partial charge is 0.392 e. The Balaban J connectivity index is 2.50. The van der Waals surface area contributed by atoms with Gasteiger partial charge in [-0.25, -0.2) is 4.98 Å². The molecule has 1 rings (SSSR count). The number of hydrogen-bond donors (Lipinski definition) is 3. The fourth-order valence-corrected chi connectivity index (χ4v) is 1.41. The summed E-state index contributed by atoms with van der Waals surface area (Å²) in [5.74, 6) is 0.277. The average molecular weight is 254 g/mol. The van der Waals surface area contributed by atoms with Gasteiger partial charge in [-0.3, -0.25) is 10.1 Å². The van der Waals surface area contributed by atoms with Crippen molar-refractivity contribution in [2.75, 3.05) is 25.0 Å². The van der Waals surface area contributed by atoms with Crippen LogP contribution in [0.3, 0.4) is 0 Å². The van der Waals surface area contributed by atoms with Gasteiger partial charge in [0.25, 0.3) is 0 Å². The highest BCUT2D eigenvalue weighted by Gasteiger charge is 2.14. The average Bonchev–Trinajstić information content (AvgIpc) is 2.27. The zero-order valence-corrected chi connectivity index (χ0v) is 10.5. The second-order valence-electron chi connectivity index (χ2n) is 4.06. The topological polar surface area (TPSA) is 100 Å². The second-order valence-corrected chi connectivity index (χ2v) is 4.06. The van der Waals surface area contributed by atoms with E-state index in [-0.39, 0.29) is 11.5 Å². The number of aromatic nitrogens is 1. The van der Waals surface area contributed by atoms with Crippen molar-refractivity contribution >= 4 is 11.5 Å². The summed E-state index contributed by atoms with van der Waals surface area (Å²) in [6, 6.07) is 3.04. The first-order chi connectivity index (χ1) is 8.50. The lowest BCUT2D eigenvalue weighted by Crippen LogP contribution is -2.29. The van der Waals surface area contributed by atoms with E-state index < -0.39 is 11.0 Å². The smallest absolute Gasteiger partial charge is 0.311 e. The van der Waals surface area contributed by atoms with Crippen LogP contribution in [0.15, 0.2) is 12.1 Å². The van der Waals surface area contributed by atoms with Gasteiger partial charge in [0.15, 0.2) is 0 Å². The molecule has 0 saturated heterocycles. The van der Waals surface area contributed by atoms with Crippen LogP contribution in [0.1, 0.15) is 12.6 Å². The van der Waals surface area contributed by atoms with E-state index in [0.29, 0.717) is 19.6 Å². The van der Waals surface area contributed by atoms with Crippen LogP contribution < -0.4 is 10.6 Å². The molecule has 1 aromatic heterocycles. The Morgan fingerprint density at radius 2 is 2.22 bits per heavy atom. The van der Waals surface area contributed by atoms with Gasteiger partial charge in [0.05, 0.1) is 11.0 Å². The maximum absolute atomic E-state index is 10.8. The van der Waals surface area contributed by atoms with Crippen LogP contribution in [0, 0.1) is 17.0 Å². The van der Waals surface area contributed by atoms with E-state index in [9.17, 15) is 10.1 Å². The number of nitrogens with one attached hydrogen (secondary N) is 2. The van der Waals surface area contributed by atoms with Crippen LogP contribution in [0.2, 0.25) is 0 Å². The van der Waals surface area contributed by atoms with Gasteiger partial charge >= 0.3 is 5.69 Å². The summed E-state index contributed by atoms with van der Waals surface area (Å²) in [5, 5.41) is 25.7. The van der Waals surface area contributed by atoms with Gasteiger partial charge in [-0.2, -0.15) is 0 Å². The number of nitro groups is 1. The fraction of sp³-hybridized carbons (Fsp3) is 0.545. The van der Waals surface area contributed by atoms with Crippen molar-refractivity contribution < 1.29 is 10.0 Å². The van der Waals surface area contributed by atoms with Crippen molar-refractivity contribution in [3.8, 4) is 0 Å². The van der Waals surface area contributed by atoms with Gasteiger partial charge in [-0.1, -0.05) is 0 Å². The molecule has 1 atom stereocenters. The summed E-state index contributed by atoms with van der Waals surface area (Å²) < 4.78 is 0. The SMILES string of the molecule is Cc1ccc([N+](=O)[O-])c(NCCNCC(C)O)n1. The highest BCUT2D eigenvalue weighted by atomic mass is 16.6. The van der Waals surface area contributed by atoms with E-state index in [1.165, 1.54) is 6.07 Å². The number of rotatable bonds is 7. The van der Waals surface area contributed by atoms with E-state index in [1.54, 1.807) is 19.9 Å². The van der Waals surface area contributed by atoms with Crippen LogP contribution in [0.5, 0.6) is 0 Å². The molecule has 0 fully saturated rings. The molecule has 0 aliphatic carbocycles. The molecule has 100 valence electrons. The first-order valence-corrected chi connectivity index (χ1v) is 5.75. The van der Waals surface area contributed by atoms with Crippen LogP contribution in [-0.2, 0) is 0 Å². The van der Waals surface area contributed by atoms with Crippen molar-refractivity contribution in [1.82, 2.24) is 10.3 Å². The number of aryl methyl sites for hydroxylation is 1. The standard InChI is InChI=1S/C11H18N4O3/c1-8-3-4-10(15(17)18)11(14-8)13-6-5-12-7-9(2)16/h3-4,9,12,16H,5-7H2,1-2H3,(H,13,14). The summed E-state index contributed by atoms with van der Waals surface area (Å²) in [4.78, 5) is 14.4. The van der Waals surface area contributed by atoms with Crippen LogP contribution in [0.25, 0.3) is 0 Å². The Bertz CT molecular complexity index is 409. The lowest BCUT2D eigenvalue weighted by Gasteiger charge is -2.09. The molecule has 7 nitrogen and oxygen atoms in total. The first-order valence-electron chi connectivity index (χ1n) is 5.75. The molecule has 0 radical (unpaired) electrons. The summed E-state index contributed by atoms with van der Waals surface area (Å²) in [7, 11) is 0. The molecule has 1 aromatic rings. The summed E-state index contributed by atoms with van der Waals surface area (Å²) >= 11 is 0. The molecule has 18 heavy (non-hydrogen) atoms. The van der Waals surface area contributed by atoms with E-state index in [1.807, 2.05) is 0 Å². The zero-order valence-electron chi connectivity index (χ0n) is 10.5. The number of hydrogen-bond acceptors (Lipinski definition) is 6. The lowest BCUT2D eigenvalue weighted by atomic mass is 10.3. The van der Waals surface area contributed by atoms with Crippen molar-refractivity contribution in [2.24, 2.45) is 0 Å². The predicted octanol–water partition coefficient (Wildman–Crippen LogP) is 0.681. The normalized spacial score (nSPS) is 12.2. The molecule has 7 heteroatoms. The molecule has 0 aromatic carbocycles. The van der Waals surface area contributed by atoms with Gasteiger partial charge < -0.3 is 15.7 Å². The molecular formula is C11H18N4O3. The van der Waals surface area contributed by atoms with Gasteiger partial charge in [-0.15, -0.1) is 0 Å². The third kappa shape index (κ3) is 4.64.